The first kappa shape index (κ1) is 19.4. The summed E-state index contributed by atoms with van der Waals surface area (Å²) in [5.74, 6) is -0.252. The van der Waals surface area contributed by atoms with Crippen molar-refractivity contribution in [2.75, 3.05) is 11.0 Å². The van der Waals surface area contributed by atoms with Crippen LogP contribution in [0.15, 0.2) is 48.7 Å². The van der Waals surface area contributed by atoms with Crippen molar-refractivity contribution in [3.8, 4) is 0 Å². The number of fused-ring (bicyclic) bond motifs is 1. The number of hydrogen-bond donors (Lipinski definition) is 1. The molecule has 27 heavy (non-hydrogen) atoms. The molecule has 3 rings (SSSR count). The maximum absolute atomic E-state index is 13.5. The summed E-state index contributed by atoms with van der Waals surface area (Å²) in [5, 5.41) is 0.999. The normalized spacial score (nSPS) is 12.5. The average molecular weight is 389 g/mol. The summed E-state index contributed by atoms with van der Waals surface area (Å²) in [6, 6.07) is 12.3. The Morgan fingerprint density at radius 1 is 1.07 bits per heavy atom. The summed E-state index contributed by atoms with van der Waals surface area (Å²) < 4.78 is 41.6. The fraction of sp³-hybridized carbons (Fsp3) is 0.333. The molecule has 144 valence electrons. The maximum atomic E-state index is 13.5. The first-order valence-electron chi connectivity index (χ1n) is 9.04. The van der Waals surface area contributed by atoms with Crippen molar-refractivity contribution in [3.05, 3.63) is 65.6 Å². The highest BCUT2D eigenvalue weighted by Gasteiger charge is 2.34. The molecule has 0 saturated heterocycles. The van der Waals surface area contributed by atoms with Crippen molar-refractivity contribution in [1.29, 1.82) is 0 Å². The van der Waals surface area contributed by atoms with Gasteiger partial charge in [-0.3, -0.25) is 4.72 Å². The second-order valence-corrected chi connectivity index (χ2v) is 8.77. The molecule has 2 aromatic carbocycles. The Bertz CT molecular complexity index is 1070. The van der Waals surface area contributed by atoms with Crippen LogP contribution in [0.2, 0.25) is 0 Å². The van der Waals surface area contributed by atoms with E-state index in [1.54, 1.807) is 6.07 Å². The Labute approximate surface area is 160 Å². The van der Waals surface area contributed by atoms with Crippen LogP contribution in [0.5, 0.6) is 0 Å². The van der Waals surface area contributed by atoms with Crippen LogP contribution in [0.1, 0.15) is 37.8 Å². The van der Waals surface area contributed by atoms with Gasteiger partial charge in [0.25, 0.3) is 0 Å². The summed E-state index contributed by atoms with van der Waals surface area (Å²) in [4.78, 5) is 0. The molecular formula is C21H25FN2O2S. The zero-order valence-electron chi connectivity index (χ0n) is 16.1. The van der Waals surface area contributed by atoms with Crippen molar-refractivity contribution in [1.82, 2.24) is 4.57 Å². The number of rotatable bonds is 6. The second kappa shape index (κ2) is 7.00. The summed E-state index contributed by atoms with van der Waals surface area (Å²) in [7, 11) is -1.47. The third-order valence-electron chi connectivity index (χ3n) is 5.42. The van der Waals surface area contributed by atoms with Gasteiger partial charge >= 0.3 is 0 Å². The lowest BCUT2D eigenvalue weighted by Gasteiger charge is -2.32. The predicted octanol–water partition coefficient (Wildman–Crippen LogP) is 4.80. The molecule has 0 radical (unpaired) electrons. The van der Waals surface area contributed by atoms with Gasteiger partial charge in [-0.1, -0.05) is 38.1 Å². The molecule has 0 aliphatic rings. The van der Waals surface area contributed by atoms with Crippen LogP contribution in [0.3, 0.4) is 0 Å². The number of nitrogens with zero attached hydrogens (tertiary/aromatic N) is 1. The predicted molar refractivity (Wildman–Crippen MR) is 109 cm³/mol. The van der Waals surface area contributed by atoms with Gasteiger partial charge in [0.05, 0.1) is 17.5 Å². The first-order chi connectivity index (χ1) is 12.7. The number of sulfonamides is 1. The Balaban J connectivity index is 2.29. The highest BCUT2D eigenvalue weighted by molar-refractivity contribution is 7.92. The molecule has 6 heteroatoms. The van der Waals surface area contributed by atoms with Crippen LogP contribution in [0.4, 0.5) is 10.1 Å². The molecular weight excluding hydrogens is 363 g/mol. The van der Waals surface area contributed by atoms with Gasteiger partial charge in [-0.05, 0) is 42.2 Å². The van der Waals surface area contributed by atoms with Crippen LogP contribution < -0.4 is 4.72 Å². The molecule has 0 aliphatic heterocycles. The van der Waals surface area contributed by atoms with Crippen LogP contribution >= 0.6 is 0 Å². The molecule has 0 spiro atoms. The smallest absolute Gasteiger partial charge is 0.229 e. The molecule has 0 fully saturated rings. The molecule has 0 saturated carbocycles. The molecule has 0 atom stereocenters. The minimum atomic E-state index is -3.38. The second-order valence-electron chi connectivity index (χ2n) is 7.03. The van der Waals surface area contributed by atoms with E-state index < -0.39 is 10.0 Å². The van der Waals surface area contributed by atoms with E-state index in [1.165, 1.54) is 12.1 Å². The Morgan fingerprint density at radius 2 is 1.70 bits per heavy atom. The minimum absolute atomic E-state index is 0.252. The van der Waals surface area contributed by atoms with E-state index in [1.807, 2.05) is 35.9 Å². The van der Waals surface area contributed by atoms with Gasteiger partial charge in [0.2, 0.25) is 10.0 Å². The number of aryl methyl sites for hydroxylation is 1. The van der Waals surface area contributed by atoms with Crippen molar-refractivity contribution in [2.45, 2.75) is 32.1 Å². The highest BCUT2D eigenvalue weighted by atomic mass is 32.2. The van der Waals surface area contributed by atoms with Gasteiger partial charge in [-0.2, -0.15) is 0 Å². The lowest BCUT2D eigenvalue weighted by Crippen LogP contribution is -2.25. The zero-order valence-corrected chi connectivity index (χ0v) is 16.9. The standard InChI is InChI=1S/C21H25FN2O2S/c1-5-21(6-2,15-10-12-16(22)13-11-15)18-14-24(3)20-17(18)8-7-9-19(20)23-27(4,25)26/h7-14,23H,5-6H2,1-4H3. The van der Waals surface area contributed by atoms with Gasteiger partial charge in [0.1, 0.15) is 5.82 Å². The number of benzene rings is 2. The first-order valence-corrected chi connectivity index (χ1v) is 10.9. The van der Waals surface area contributed by atoms with E-state index in [9.17, 15) is 12.8 Å². The number of hydrogen-bond acceptors (Lipinski definition) is 2. The van der Waals surface area contributed by atoms with Crippen molar-refractivity contribution < 1.29 is 12.8 Å². The zero-order chi connectivity index (χ0) is 19.8. The molecule has 1 aromatic heterocycles. The number of para-hydroxylation sites is 1. The SMILES string of the molecule is CCC(CC)(c1ccc(F)cc1)c1cn(C)c2c(NS(C)(=O)=O)cccc12. The fourth-order valence-corrected chi connectivity index (χ4v) is 4.66. The van der Waals surface area contributed by atoms with E-state index >= 15 is 0 Å². The van der Waals surface area contributed by atoms with E-state index in [0.717, 1.165) is 41.1 Å². The summed E-state index contributed by atoms with van der Waals surface area (Å²) >= 11 is 0. The van der Waals surface area contributed by atoms with Crippen LogP contribution in [-0.4, -0.2) is 19.2 Å². The number of halogens is 1. The Kier molecular flexibility index (Phi) is 5.04. The fourth-order valence-electron chi connectivity index (χ4n) is 4.10. The van der Waals surface area contributed by atoms with Gasteiger partial charge < -0.3 is 4.57 Å². The molecule has 4 nitrogen and oxygen atoms in total. The monoisotopic (exact) mass is 388 g/mol. The van der Waals surface area contributed by atoms with Crippen molar-refractivity contribution >= 4 is 26.6 Å². The number of aromatic nitrogens is 1. The van der Waals surface area contributed by atoms with Gasteiger partial charge in [0.15, 0.2) is 0 Å². The lowest BCUT2D eigenvalue weighted by atomic mass is 9.70. The van der Waals surface area contributed by atoms with E-state index in [-0.39, 0.29) is 11.2 Å². The number of anilines is 1. The molecule has 1 heterocycles. The minimum Gasteiger partial charge on any atom is -0.349 e. The molecule has 1 N–H and O–H groups in total. The summed E-state index contributed by atoms with van der Waals surface area (Å²) in [6.45, 7) is 4.26. The lowest BCUT2D eigenvalue weighted by molar-refractivity contribution is 0.479. The average Bonchev–Trinajstić information content (AvgIpc) is 2.95. The Hall–Kier alpha value is -2.34. The van der Waals surface area contributed by atoms with E-state index in [2.05, 4.69) is 24.8 Å². The highest BCUT2D eigenvalue weighted by Crippen LogP contribution is 2.44. The van der Waals surface area contributed by atoms with Gasteiger partial charge in [-0.25, -0.2) is 12.8 Å². The van der Waals surface area contributed by atoms with Crippen molar-refractivity contribution in [2.24, 2.45) is 7.05 Å². The van der Waals surface area contributed by atoms with Crippen LogP contribution in [0, 0.1) is 5.82 Å². The van der Waals surface area contributed by atoms with Gasteiger partial charge in [-0.15, -0.1) is 0 Å². The quantitative estimate of drug-likeness (QED) is 0.660. The topological polar surface area (TPSA) is 51.1 Å². The summed E-state index contributed by atoms with van der Waals surface area (Å²) in [6.07, 6.45) is 4.90. The van der Waals surface area contributed by atoms with Gasteiger partial charge in [0, 0.05) is 24.0 Å². The van der Waals surface area contributed by atoms with Crippen LogP contribution in [0.25, 0.3) is 10.9 Å². The van der Waals surface area contributed by atoms with Crippen LogP contribution in [-0.2, 0) is 22.5 Å². The molecule has 0 amide bonds. The van der Waals surface area contributed by atoms with E-state index in [0.29, 0.717) is 5.69 Å². The molecule has 3 aromatic rings. The third kappa shape index (κ3) is 3.46. The molecule has 0 bridgehead atoms. The molecule has 0 aliphatic carbocycles. The summed E-state index contributed by atoms with van der Waals surface area (Å²) in [5.41, 5.74) is 3.30. The van der Waals surface area contributed by atoms with Crippen molar-refractivity contribution in [3.63, 3.8) is 0 Å². The number of nitrogens with one attached hydrogen (secondary N) is 1. The maximum Gasteiger partial charge on any atom is 0.229 e. The third-order valence-corrected chi connectivity index (χ3v) is 6.01. The van der Waals surface area contributed by atoms with E-state index in [4.69, 9.17) is 0 Å². The Morgan fingerprint density at radius 3 is 2.26 bits per heavy atom. The molecule has 0 unspecified atom stereocenters. The largest absolute Gasteiger partial charge is 0.349 e.